The van der Waals surface area contributed by atoms with Crippen LogP contribution in [0.4, 0.5) is 10.2 Å². The molecule has 3 rings (SSSR count). The molecule has 92 valence electrons. The molecular weight excluding hydrogens is 261 g/mol. The summed E-state index contributed by atoms with van der Waals surface area (Å²) in [6, 6.07) is 0.422. The van der Waals surface area contributed by atoms with Crippen LogP contribution in [-0.4, -0.2) is 36.4 Å². The molecule has 1 atom stereocenters. The highest BCUT2D eigenvalue weighted by Gasteiger charge is 2.30. The molecule has 0 bridgehead atoms. The van der Waals surface area contributed by atoms with Crippen molar-refractivity contribution in [3.63, 3.8) is 0 Å². The summed E-state index contributed by atoms with van der Waals surface area (Å²) in [6.07, 6.45) is 2.46. The maximum absolute atomic E-state index is 14.0. The average Bonchev–Trinajstić information content (AvgIpc) is 2.54. The van der Waals surface area contributed by atoms with Crippen molar-refractivity contribution in [2.24, 2.45) is 0 Å². The number of aromatic nitrogens is 1. The van der Waals surface area contributed by atoms with Crippen LogP contribution in [0, 0.1) is 5.82 Å². The zero-order valence-electron chi connectivity index (χ0n) is 9.25. The molecule has 0 spiro atoms. The zero-order valence-corrected chi connectivity index (χ0v) is 10.8. The zero-order chi connectivity index (χ0) is 11.8. The number of piperazine rings is 1. The van der Waals surface area contributed by atoms with Gasteiger partial charge in [0.05, 0.1) is 16.1 Å². The number of halogens is 2. The number of nitrogens with one attached hydrogen (secondary N) is 1. The second-order valence-corrected chi connectivity index (χ2v) is 5.77. The number of hydrogen-bond acceptors (Lipinski definition) is 4. The van der Waals surface area contributed by atoms with E-state index in [2.05, 4.69) is 15.2 Å². The summed E-state index contributed by atoms with van der Waals surface area (Å²) in [5, 5.41) is 3.49. The quantitative estimate of drug-likeness (QED) is 0.784. The fourth-order valence-corrected chi connectivity index (χ4v) is 3.70. The average molecular weight is 274 g/mol. The summed E-state index contributed by atoms with van der Waals surface area (Å²) in [6.45, 7) is 2.75. The number of rotatable bonds is 0. The molecule has 1 aromatic heterocycles. The maximum atomic E-state index is 14.0. The summed E-state index contributed by atoms with van der Waals surface area (Å²) in [5.74, 6) is 1.36. The van der Waals surface area contributed by atoms with E-state index in [1.807, 2.05) is 0 Å². The van der Waals surface area contributed by atoms with Crippen molar-refractivity contribution in [2.75, 3.05) is 30.3 Å². The standard InChI is InChI=1S/C11H13ClFN3S/c12-8-6-15-11-10(9(8)13)17-4-1-7-5-14-2-3-16(7)11/h6-7,14H,1-5H2/t7-/m1/s1. The monoisotopic (exact) mass is 273 g/mol. The molecule has 0 unspecified atom stereocenters. The molecule has 6 heteroatoms. The molecule has 3 heterocycles. The first kappa shape index (κ1) is 11.6. The summed E-state index contributed by atoms with van der Waals surface area (Å²) in [5.41, 5.74) is 0. The lowest BCUT2D eigenvalue weighted by atomic mass is 10.1. The number of fused-ring (bicyclic) bond motifs is 3. The van der Waals surface area contributed by atoms with Gasteiger partial charge in [0.1, 0.15) is 5.82 Å². The first-order valence-electron chi connectivity index (χ1n) is 5.71. The normalized spacial score (nSPS) is 23.9. The minimum atomic E-state index is -0.319. The maximum Gasteiger partial charge on any atom is 0.160 e. The van der Waals surface area contributed by atoms with Gasteiger partial charge >= 0.3 is 0 Å². The molecule has 1 aromatic rings. The van der Waals surface area contributed by atoms with Crippen molar-refractivity contribution in [1.82, 2.24) is 10.3 Å². The van der Waals surface area contributed by atoms with Crippen LogP contribution in [0.1, 0.15) is 6.42 Å². The predicted molar refractivity (Wildman–Crippen MR) is 68.5 cm³/mol. The van der Waals surface area contributed by atoms with Gasteiger partial charge in [-0.1, -0.05) is 11.6 Å². The second-order valence-electron chi connectivity index (χ2n) is 4.26. The van der Waals surface area contributed by atoms with Crippen molar-refractivity contribution in [3.8, 4) is 0 Å². The topological polar surface area (TPSA) is 28.2 Å². The molecule has 2 aliphatic heterocycles. The van der Waals surface area contributed by atoms with E-state index < -0.39 is 0 Å². The Morgan fingerprint density at radius 3 is 3.35 bits per heavy atom. The molecule has 0 amide bonds. The van der Waals surface area contributed by atoms with E-state index in [0.717, 1.165) is 37.6 Å². The van der Waals surface area contributed by atoms with Gasteiger partial charge in [-0.3, -0.25) is 0 Å². The summed E-state index contributed by atoms with van der Waals surface area (Å²) in [7, 11) is 0. The van der Waals surface area contributed by atoms with Crippen LogP contribution in [0.2, 0.25) is 5.02 Å². The highest BCUT2D eigenvalue weighted by Crippen LogP contribution is 2.38. The van der Waals surface area contributed by atoms with Gasteiger partial charge in [-0.25, -0.2) is 9.37 Å². The molecule has 0 aliphatic carbocycles. The van der Waals surface area contributed by atoms with E-state index in [-0.39, 0.29) is 10.8 Å². The minimum Gasteiger partial charge on any atom is -0.350 e. The van der Waals surface area contributed by atoms with Crippen LogP contribution >= 0.6 is 23.4 Å². The van der Waals surface area contributed by atoms with Crippen LogP contribution in [0.5, 0.6) is 0 Å². The van der Waals surface area contributed by atoms with Crippen molar-refractivity contribution in [1.29, 1.82) is 0 Å². The molecule has 0 aromatic carbocycles. The van der Waals surface area contributed by atoms with E-state index in [1.54, 1.807) is 0 Å². The van der Waals surface area contributed by atoms with E-state index in [1.165, 1.54) is 18.0 Å². The third-order valence-corrected chi connectivity index (χ3v) is 4.59. The SMILES string of the molecule is Fc1c(Cl)cnc2c1SCC[C@@H]1CNCCN21. The summed E-state index contributed by atoms with van der Waals surface area (Å²) < 4.78 is 14.0. The van der Waals surface area contributed by atoms with Gasteiger partial charge in [0, 0.05) is 31.4 Å². The van der Waals surface area contributed by atoms with Gasteiger partial charge in [-0.15, -0.1) is 11.8 Å². The van der Waals surface area contributed by atoms with E-state index in [4.69, 9.17) is 11.6 Å². The number of hydrogen-bond donors (Lipinski definition) is 1. The van der Waals surface area contributed by atoms with Gasteiger partial charge in [-0.2, -0.15) is 0 Å². The van der Waals surface area contributed by atoms with Gasteiger partial charge in [0.25, 0.3) is 0 Å². The van der Waals surface area contributed by atoms with E-state index in [0.29, 0.717) is 10.9 Å². The van der Waals surface area contributed by atoms with Crippen LogP contribution < -0.4 is 10.2 Å². The van der Waals surface area contributed by atoms with Crippen molar-refractivity contribution < 1.29 is 4.39 Å². The Morgan fingerprint density at radius 2 is 2.47 bits per heavy atom. The first-order chi connectivity index (χ1) is 8.27. The number of pyridine rings is 1. The molecule has 17 heavy (non-hydrogen) atoms. The van der Waals surface area contributed by atoms with Gasteiger partial charge < -0.3 is 10.2 Å². The molecular formula is C11H13ClFN3S. The van der Waals surface area contributed by atoms with Crippen molar-refractivity contribution in [3.05, 3.63) is 17.0 Å². The Hall–Kier alpha value is -0.520. The Balaban J connectivity index is 2.06. The van der Waals surface area contributed by atoms with Crippen molar-refractivity contribution in [2.45, 2.75) is 17.4 Å². The molecule has 0 radical (unpaired) electrons. The van der Waals surface area contributed by atoms with Crippen LogP contribution in [0.25, 0.3) is 0 Å². The Bertz CT molecular complexity index is 443. The Kier molecular flexibility index (Phi) is 3.15. The lowest BCUT2D eigenvalue weighted by Crippen LogP contribution is -2.51. The molecule has 3 nitrogen and oxygen atoms in total. The molecule has 2 aliphatic rings. The van der Waals surface area contributed by atoms with E-state index in [9.17, 15) is 4.39 Å². The lowest BCUT2D eigenvalue weighted by Gasteiger charge is -2.36. The lowest BCUT2D eigenvalue weighted by molar-refractivity contribution is 0.463. The van der Waals surface area contributed by atoms with Crippen LogP contribution in [0.15, 0.2) is 11.1 Å². The number of thioether (sulfide) groups is 1. The highest BCUT2D eigenvalue weighted by molar-refractivity contribution is 7.99. The molecule has 1 fully saturated rings. The Labute approximate surface area is 109 Å². The third kappa shape index (κ3) is 2.00. The van der Waals surface area contributed by atoms with E-state index >= 15 is 0 Å². The molecule has 1 saturated heterocycles. The fourth-order valence-electron chi connectivity index (χ4n) is 2.37. The van der Waals surface area contributed by atoms with Gasteiger partial charge in [0.2, 0.25) is 0 Å². The third-order valence-electron chi connectivity index (χ3n) is 3.23. The summed E-state index contributed by atoms with van der Waals surface area (Å²) >= 11 is 7.32. The predicted octanol–water partition coefficient (Wildman–Crippen LogP) is 2.15. The molecule has 1 N–H and O–H groups in total. The smallest absolute Gasteiger partial charge is 0.160 e. The van der Waals surface area contributed by atoms with Gasteiger partial charge in [0.15, 0.2) is 5.82 Å². The van der Waals surface area contributed by atoms with Gasteiger partial charge in [-0.05, 0) is 6.42 Å². The Morgan fingerprint density at radius 1 is 1.59 bits per heavy atom. The fraction of sp³-hybridized carbons (Fsp3) is 0.545. The largest absolute Gasteiger partial charge is 0.350 e. The van der Waals surface area contributed by atoms with Crippen molar-refractivity contribution >= 4 is 29.2 Å². The number of nitrogens with zero attached hydrogens (tertiary/aromatic N) is 2. The minimum absolute atomic E-state index is 0.116. The van der Waals surface area contributed by atoms with Crippen LogP contribution in [0.3, 0.4) is 0 Å². The van der Waals surface area contributed by atoms with Crippen LogP contribution in [-0.2, 0) is 0 Å². The second kappa shape index (κ2) is 4.63. The highest BCUT2D eigenvalue weighted by atomic mass is 35.5. The molecule has 0 saturated carbocycles. The first-order valence-corrected chi connectivity index (χ1v) is 7.08. The number of anilines is 1. The summed E-state index contributed by atoms with van der Waals surface area (Å²) in [4.78, 5) is 7.16.